The molecule has 41 heavy (non-hydrogen) atoms. The first-order valence-corrected chi connectivity index (χ1v) is 17.1. The van der Waals surface area contributed by atoms with Crippen LogP contribution in [0.15, 0.2) is 175 Å². The number of hydrogen-bond acceptors (Lipinski definition) is 0. The second-order valence-corrected chi connectivity index (χ2v) is 14.2. The zero-order chi connectivity index (χ0) is 27.7. The van der Waals surface area contributed by atoms with Gasteiger partial charge in [-0.3, -0.25) is 0 Å². The van der Waals surface area contributed by atoms with Crippen molar-refractivity contribution in [2.75, 3.05) is 0 Å². The summed E-state index contributed by atoms with van der Waals surface area (Å²) in [5, 5.41) is 0. The summed E-state index contributed by atoms with van der Waals surface area (Å²) in [6, 6.07) is 47.8. The Morgan fingerprint density at radius 2 is 0.902 bits per heavy atom. The first-order valence-electron chi connectivity index (χ1n) is 13.7. The molecule has 0 unspecified atom stereocenters. The van der Waals surface area contributed by atoms with E-state index in [1.807, 2.05) is 0 Å². The van der Waals surface area contributed by atoms with Gasteiger partial charge in [0.1, 0.15) is 0 Å². The first kappa shape index (κ1) is 27.2. The van der Waals surface area contributed by atoms with E-state index in [-0.39, 0.29) is 29.5 Å². The van der Waals surface area contributed by atoms with Gasteiger partial charge in [0.15, 0.2) is 0 Å². The number of benzene rings is 4. The molecule has 0 radical (unpaired) electrons. The molecule has 2 heterocycles. The van der Waals surface area contributed by atoms with Crippen molar-refractivity contribution >= 4 is 44.5 Å². The van der Waals surface area contributed by atoms with Crippen LogP contribution in [0.3, 0.4) is 0 Å². The van der Waals surface area contributed by atoms with Gasteiger partial charge in [-0.2, -0.15) is 0 Å². The summed E-state index contributed by atoms with van der Waals surface area (Å²) in [6.45, 7) is 0. The summed E-state index contributed by atoms with van der Waals surface area (Å²) in [4.78, 5) is 0. The average Bonchev–Trinajstić information content (AvgIpc) is 3.06. The van der Waals surface area contributed by atoms with Gasteiger partial charge >= 0.3 is 257 Å². The normalized spacial score (nSPS) is 13.3. The molecule has 196 valence electrons. The van der Waals surface area contributed by atoms with Gasteiger partial charge in [0.2, 0.25) is 0 Å². The van der Waals surface area contributed by atoms with Crippen LogP contribution < -0.4 is 0 Å². The third-order valence-electron chi connectivity index (χ3n) is 6.66. The summed E-state index contributed by atoms with van der Waals surface area (Å²) in [5.74, 6) is 0. The Bertz CT molecular complexity index is 1640. The topological polar surface area (TPSA) is 0 Å². The van der Waals surface area contributed by atoms with Crippen molar-refractivity contribution in [3.05, 3.63) is 192 Å². The number of rotatable bonds is 7. The van der Waals surface area contributed by atoms with E-state index < -0.39 is 0 Å². The van der Waals surface area contributed by atoms with Crippen molar-refractivity contribution < 1.29 is 0 Å². The second kappa shape index (κ2) is 13.6. The Hall–Kier alpha value is -4.03. The molecule has 0 bridgehead atoms. The van der Waals surface area contributed by atoms with Gasteiger partial charge in [-0.1, -0.05) is 0 Å². The molecular formula is C39H29Se2+. The van der Waals surface area contributed by atoms with E-state index in [0.29, 0.717) is 0 Å². The molecule has 1 aromatic heterocycles. The summed E-state index contributed by atoms with van der Waals surface area (Å²) in [7, 11) is 0. The molecule has 1 aliphatic rings. The Morgan fingerprint density at radius 1 is 0.463 bits per heavy atom. The maximum atomic E-state index is 2.34. The second-order valence-electron chi connectivity index (χ2n) is 9.61. The van der Waals surface area contributed by atoms with Gasteiger partial charge in [-0.05, 0) is 0 Å². The fourth-order valence-electron chi connectivity index (χ4n) is 4.61. The molecule has 4 aromatic carbocycles. The fraction of sp³-hybridized carbons (Fsp3) is 0. The molecule has 0 amide bonds. The van der Waals surface area contributed by atoms with Crippen LogP contribution in [0.5, 0.6) is 0 Å². The van der Waals surface area contributed by atoms with E-state index >= 15 is 0 Å². The zero-order valence-corrected chi connectivity index (χ0v) is 26.0. The molecule has 0 N–H and O–H groups in total. The van der Waals surface area contributed by atoms with Crippen LogP contribution in [0.1, 0.15) is 16.7 Å². The molecule has 0 aliphatic carbocycles. The molecule has 1 aliphatic heterocycles. The van der Waals surface area contributed by atoms with Gasteiger partial charge < -0.3 is 0 Å². The number of hydrogen-bond donors (Lipinski definition) is 0. The van der Waals surface area contributed by atoms with Crippen LogP contribution in [-0.2, 0) is 0 Å². The fourth-order valence-corrected chi connectivity index (χ4v) is 9.37. The maximum absolute atomic E-state index is 2.34. The molecule has 0 nitrogen and oxygen atoms in total. The first-order chi connectivity index (χ1) is 20.3. The molecule has 2 heteroatoms. The zero-order valence-electron chi connectivity index (χ0n) is 22.6. The molecule has 0 fully saturated rings. The van der Waals surface area contributed by atoms with E-state index in [4.69, 9.17) is 0 Å². The van der Waals surface area contributed by atoms with E-state index in [9.17, 15) is 0 Å². The molecule has 0 spiro atoms. The van der Waals surface area contributed by atoms with Crippen molar-refractivity contribution in [3.63, 3.8) is 0 Å². The predicted molar refractivity (Wildman–Crippen MR) is 180 cm³/mol. The minimum absolute atomic E-state index is 0.258. The van der Waals surface area contributed by atoms with Crippen molar-refractivity contribution in [2.24, 2.45) is 0 Å². The van der Waals surface area contributed by atoms with Crippen molar-refractivity contribution in [1.29, 1.82) is 0 Å². The Balaban J connectivity index is 1.28. The van der Waals surface area contributed by atoms with Crippen LogP contribution >= 0.6 is 0 Å². The predicted octanol–water partition coefficient (Wildman–Crippen LogP) is 9.65. The van der Waals surface area contributed by atoms with Crippen LogP contribution in [0, 0.1) is 0 Å². The quantitative estimate of drug-likeness (QED) is 0.121. The van der Waals surface area contributed by atoms with E-state index in [1.54, 1.807) is 0 Å². The summed E-state index contributed by atoms with van der Waals surface area (Å²) >= 11 is 0.517. The van der Waals surface area contributed by atoms with Crippen LogP contribution in [0.4, 0.5) is 0 Å². The van der Waals surface area contributed by atoms with Crippen LogP contribution in [0.2, 0.25) is 0 Å². The van der Waals surface area contributed by atoms with Crippen LogP contribution in [0.25, 0.3) is 35.0 Å². The van der Waals surface area contributed by atoms with Crippen molar-refractivity contribution in [3.8, 4) is 20.0 Å². The molecule has 5 aromatic rings. The van der Waals surface area contributed by atoms with Crippen molar-refractivity contribution in [2.45, 2.75) is 0 Å². The molecule has 0 atom stereocenters. The minimum atomic E-state index is 0.258. The average molecular weight is 656 g/mol. The van der Waals surface area contributed by atoms with Gasteiger partial charge in [0.25, 0.3) is 0 Å². The summed E-state index contributed by atoms with van der Waals surface area (Å²) in [5.41, 5.74) is 7.68. The number of allylic oxidation sites excluding steroid dienone is 7. The van der Waals surface area contributed by atoms with E-state index in [1.165, 1.54) is 51.2 Å². The Kier molecular flexibility index (Phi) is 8.98. The van der Waals surface area contributed by atoms with Gasteiger partial charge in [-0.25, -0.2) is 0 Å². The monoisotopic (exact) mass is 657 g/mol. The Labute approximate surface area is 255 Å². The SMILES string of the molecule is C(/C=C/C=C/c1cc(-c2ccccc2)[se+]c(-c2ccccc2)c1)=C1C=C(c2ccccc2)[Se]C(c2ccccc2)=C1. The standard InChI is InChI=1S/C39H29Se2/c1(6-16-30-26-36(32-18-8-2-9-19-32)40-37(27-30)33-20-10-3-11-21-33)7-17-31-28-38(34-22-12-4-13-23-34)41-39(29-31)35-24-14-5-15-25-35/h1-29H/q+1. The molecule has 0 saturated heterocycles. The summed E-state index contributed by atoms with van der Waals surface area (Å²) < 4.78 is 5.63. The van der Waals surface area contributed by atoms with E-state index in [2.05, 4.69) is 176 Å². The molecule has 6 rings (SSSR count). The molecular weight excluding hydrogens is 626 g/mol. The summed E-state index contributed by atoms with van der Waals surface area (Å²) in [6.07, 6.45) is 15.6. The van der Waals surface area contributed by atoms with Crippen LogP contribution in [-0.4, -0.2) is 29.5 Å². The molecule has 0 saturated carbocycles. The van der Waals surface area contributed by atoms with Gasteiger partial charge in [-0.15, -0.1) is 0 Å². The van der Waals surface area contributed by atoms with Gasteiger partial charge in [0, 0.05) is 0 Å². The van der Waals surface area contributed by atoms with Gasteiger partial charge in [0.05, 0.1) is 0 Å². The third kappa shape index (κ3) is 7.19. The van der Waals surface area contributed by atoms with E-state index in [0.717, 1.165) is 0 Å². The third-order valence-corrected chi connectivity index (χ3v) is 11.5. The Morgan fingerprint density at radius 3 is 1.37 bits per heavy atom. The van der Waals surface area contributed by atoms with Crippen molar-refractivity contribution in [1.82, 2.24) is 0 Å².